The number of ether oxygens (including phenoxy) is 3. The number of unbranched alkanes of at least 4 members (excludes halogenated alkanes) is 5. The Balaban J connectivity index is 1.81. The summed E-state index contributed by atoms with van der Waals surface area (Å²) in [4.78, 5) is 20.9. The molecule has 164 valence electrons. The first kappa shape index (κ1) is 23.8. The molecule has 0 spiro atoms. The molecule has 0 radical (unpaired) electrons. The van der Waals surface area contributed by atoms with Crippen LogP contribution < -0.4 is 9.47 Å². The molecule has 0 amide bonds. The Morgan fingerprint density at radius 3 is 2.17 bits per heavy atom. The molecule has 0 N–H and O–H groups in total. The summed E-state index contributed by atoms with van der Waals surface area (Å²) in [6, 6.07) is 7.13. The second-order valence-corrected chi connectivity index (χ2v) is 7.32. The second-order valence-electron chi connectivity index (χ2n) is 7.32. The summed E-state index contributed by atoms with van der Waals surface area (Å²) in [5.74, 6) is 1.35. The predicted octanol–water partition coefficient (Wildman–Crippen LogP) is 5.60. The Morgan fingerprint density at radius 2 is 1.50 bits per heavy atom. The maximum atomic E-state index is 12.1. The lowest BCUT2D eigenvalue weighted by Crippen LogP contribution is -2.26. The van der Waals surface area contributed by atoms with Gasteiger partial charge in [0.25, 0.3) is 0 Å². The molecule has 0 saturated carbocycles. The summed E-state index contributed by atoms with van der Waals surface area (Å²) < 4.78 is 16.6. The number of hydrogen-bond acceptors (Lipinski definition) is 6. The summed E-state index contributed by atoms with van der Waals surface area (Å²) in [6.45, 7) is 7.28. The highest BCUT2D eigenvalue weighted by atomic mass is 16.6. The Hall–Kier alpha value is -2.47. The molecule has 0 bridgehead atoms. The van der Waals surface area contributed by atoms with Gasteiger partial charge in [-0.05, 0) is 44.0 Å². The van der Waals surface area contributed by atoms with Crippen LogP contribution in [0.5, 0.6) is 11.5 Å². The van der Waals surface area contributed by atoms with Crippen LogP contribution in [0.3, 0.4) is 0 Å². The molecule has 1 aromatic heterocycles. The van der Waals surface area contributed by atoms with Gasteiger partial charge in [-0.2, -0.15) is 0 Å². The van der Waals surface area contributed by atoms with Gasteiger partial charge in [-0.25, -0.2) is 14.8 Å². The van der Waals surface area contributed by atoms with Crippen molar-refractivity contribution in [3.8, 4) is 22.9 Å². The standard InChI is InChI=1S/C24H34N2O4/c1-4-6-8-10-16-29-22-17-25-23(26-18-22)20-11-13-21(14-12-20)30-24(27)19(3)28-15-9-7-5-2/h11-14,17-19H,4-10,15-16H2,1-3H3. The van der Waals surface area contributed by atoms with Crippen molar-refractivity contribution in [1.82, 2.24) is 9.97 Å². The molecule has 6 nitrogen and oxygen atoms in total. The third-order valence-corrected chi connectivity index (χ3v) is 4.67. The smallest absolute Gasteiger partial charge is 0.340 e. The van der Waals surface area contributed by atoms with Crippen molar-refractivity contribution in [3.63, 3.8) is 0 Å². The van der Waals surface area contributed by atoms with Gasteiger partial charge in [-0.1, -0.05) is 46.0 Å². The Kier molecular flexibility index (Phi) is 10.9. The van der Waals surface area contributed by atoms with Crippen molar-refractivity contribution < 1.29 is 19.0 Å². The van der Waals surface area contributed by atoms with Gasteiger partial charge >= 0.3 is 5.97 Å². The molecular formula is C24H34N2O4. The fourth-order valence-corrected chi connectivity index (χ4v) is 2.81. The van der Waals surface area contributed by atoms with Gasteiger partial charge < -0.3 is 14.2 Å². The van der Waals surface area contributed by atoms with E-state index in [0.717, 1.165) is 31.2 Å². The molecule has 0 fully saturated rings. The van der Waals surface area contributed by atoms with Crippen molar-refractivity contribution in [2.75, 3.05) is 13.2 Å². The fraction of sp³-hybridized carbons (Fsp3) is 0.542. The molecule has 6 heteroatoms. The molecule has 1 heterocycles. The zero-order valence-corrected chi connectivity index (χ0v) is 18.4. The van der Waals surface area contributed by atoms with Crippen LogP contribution in [0.4, 0.5) is 0 Å². The zero-order chi connectivity index (χ0) is 21.6. The highest BCUT2D eigenvalue weighted by Crippen LogP contribution is 2.21. The number of carbonyl (C=O) groups is 1. The lowest BCUT2D eigenvalue weighted by molar-refractivity contribution is -0.146. The molecule has 30 heavy (non-hydrogen) atoms. The number of nitrogens with zero attached hydrogens (tertiary/aromatic N) is 2. The van der Waals surface area contributed by atoms with Crippen molar-refractivity contribution in [2.45, 2.75) is 71.8 Å². The normalized spacial score (nSPS) is 11.8. The van der Waals surface area contributed by atoms with Crippen LogP contribution >= 0.6 is 0 Å². The van der Waals surface area contributed by atoms with E-state index in [-0.39, 0.29) is 0 Å². The average molecular weight is 415 g/mol. The molecular weight excluding hydrogens is 380 g/mol. The molecule has 2 aromatic rings. The first-order valence-corrected chi connectivity index (χ1v) is 11.0. The average Bonchev–Trinajstić information content (AvgIpc) is 2.77. The third kappa shape index (κ3) is 8.49. The van der Waals surface area contributed by atoms with Crippen LogP contribution in [0, 0.1) is 0 Å². The van der Waals surface area contributed by atoms with Gasteiger partial charge in [0.15, 0.2) is 17.7 Å². The maximum Gasteiger partial charge on any atom is 0.340 e. The largest absolute Gasteiger partial charge is 0.490 e. The molecule has 0 aliphatic heterocycles. The van der Waals surface area contributed by atoms with Crippen LogP contribution in [0.2, 0.25) is 0 Å². The van der Waals surface area contributed by atoms with E-state index >= 15 is 0 Å². The van der Waals surface area contributed by atoms with E-state index in [2.05, 4.69) is 23.8 Å². The van der Waals surface area contributed by atoms with Gasteiger partial charge in [-0.3, -0.25) is 0 Å². The summed E-state index contributed by atoms with van der Waals surface area (Å²) in [5.41, 5.74) is 0.841. The van der Waals surface area contributed by atoms with Gasteiger partial charge in [0.1, 0.15) is 5.75 Å². The molecule has 0 saturated heterocycles. The lowest BCUT2D eigenvalue weighted by atomic mass is 10.2. The predicted molar refractivity (Wildman–Crippen MR) is 118 cm³/mol. The highest BCUT2D eigenvalue weighted by Gasteiger charge is 2.16. The quantitative estimate of drug-likeness (QED) is 0.227. The highest BCUT2D eigenvalue weighted by molar-refractivity contribution is 5.77. The van der Waals surface area contributed by atoms with Gasteiger partial charge in [0.05, 0.1) is 19.0 Å². The third-order valence-electron chi connectivity index (χ3n) is 4.67. The van der Waals surface area contributed by atoms with Gasteiger partial charge in [0, 0.05) is 12.2 Å². The number of hydrogen-bond donors (Lipinski definition) is 0. The van der Waals surface area contributed by atoms with E-state index in [0.29, 0.717) is 30.5 Å². The number of rotatable bonds is 14. The van der Waals surface area contributed by atoms with Crippen LogP contribution in [-0.4, -0.2) is 35.3 Å². The summed E-state index contributed by atoms with van der Waals surface area (Å²) in [5, 5.41) is 0. The van der Waals surface area contributed by atoms with Crippen LogP contribution in [-0.2, 0) is 9.53 Å². The number of benzene rings is 1. The molecule has 0 aliphatic rings. The van der Waals surface area contributed by atoms with Crippen LogP contribution in [0.1, 0.15) is 65.7 Å². The number of esters is 1. The minimum Gasteiger partial charge on any atom is -0.490 e. The van der Waals surface area contributed by atoms with E-state index in [1.165, 1.54) is 19.3 Å². The van der Waals surface area contributed by atoms with Crippen LogP contribution in [0.15, 0.2) is 36.7 Å². The SMILES string of the molecule is CCCCCCOc1cnc(-c2ccc(OC(=O)C(C)OCCCCC)cc2)nc1. The van der Waals surface area contributed by atoms with E-state index in [1.807, 2.05) is 12.1 Å². The number of carbonyl (C=O) groups excluding carboxylic acids is 1. The molecule has 0 aliphatic carbocycles. The Morgan fingerprint density at radius 1 is 0.867 bits per heavy atom. The van der Waals surface area contributed by atoms with Crippen molar-refractivity contribution >= 4 is 5.97 Å². The van der Waals surface area contributed by atoms with Crippen molar-refractivity contribution in [2.24, 2.45) is 0 Å². The monoisotopic (exact) mass is 414 g/mol. The van der Waals surface area contributed by atoms with E-state index in [4.69, 9.17) is 14.2 Å². The van der Waals surface area contributed by atoms with Gasteiger partial charge in [0.2, 0.25) is 0 Å². The second kappa shape index (κ2) is 13.7. The lowest BCUT2D eigenvalue weighted by Gasteiger charge is -2.12. The minimum atomic E-state index is -0.584. The first-order chi connectivity index (χ1) is 14.6. The summed E-state index contributed by atoms with van der Waals surface area (Å²) >= 11 is 0. The minimum absolute atomic E-state index is 0.393. The number of aromatic nitrogens is 2. The van der Waals surface area contributed by atoms with E-state index in [1.54, 1.807) is 31.5 Å². The molecule has 2 rings (SSSR count). The molecule has 1 aromatic carbocycles. The van der Waals surface area contributed by atoms with Crippen molar-refractivity contribution in [3.05, 3.63) is 36.7 Å². The van der Waals surface area contributed by atoms with E-state index in [9.17, 15) is 4.79 Å². The molecule has 1 atom stereocenters. The first-order valence-electron chi connectivity index (χ1n) is 11.0. The van der Waals surface area contributed by atoms with Crippen LogP contribution in [0.25, 0.3) is 11.4 Å². The summed E-state index contributed by atoms with van der Waals surface area (Å²) in [6.07, 6.45) is 10.6. The topological polar surface area (TPSA) is 70.5 Å². The summed E-state index contributed by atoms with van der Waals surface area (Å²) in [7, 11) is 0. The molecule has 1 unspecified atom stereocenters. The van der Waals surface area contributed by atoms with Crippen molar-refractivity contribution in [1.29, 1.82) is 0 Å². The maximum absolute atomic E-state index is 12.1. The zero-order valence-electron chi connectivity index (χ0n) is 18.4. The Labute approximate surface area is 180 Å². The fourth-order valence-electron chi connectivity index (χ4n) is 2.81. The Bertz CT molecular complexity index is 732. The van der Waals surface area contributed by atoms with E-state index < -0.39 is 12.1 Å². The van der Waals surface area contributed by atoms with Gasteiger partial charge in [-0.15, -0.1) is 0 Å².